The zero-order valence-corrected chi connectivity index (χ0v) is 13.8. The Hall–Kier alpha value is -1.28. The summed E-state index contributed by atoms with van der Waals surface area (Å²) in [6.07, 6.45) is 0. The van der Waals surface area contributed by atoms with Gasteiger partial charge in [0.05, 0.1) is 27.2 Å². The molecule has 0 aliphatic heterocycles. The van der Waals surface area contributed by atoms with Gasteiger partial charge in [-0.3, -0.25) is 4.98 Å². The van der Waals surface area contributed by atoms with E-state index in [1.54, 1.807) is 45.9 Å². The van der Waals surface area contributed by atoms with E-state index in [2.05, 4.69) is 4.98 Å². The molecule has 1 aromatic heterocycles. The molecule has 0 saturated carbocycles. The smallest absolute Gasteiger partial charge is 0.422 e. The third-order valence-electron chi connectivity index (χ3n) is 3.83. The predicted octanol–water partition coefficient (Wildman–Crippen LogP) is 2.20. The highest BCUT2D eigenvalue weighted by atomic mass is 32.1. The number of halogens is 1. The van der Waals surface area contributed by atoms with Gasteiger partial charge in [0, 0.05) is 5.56 Å². The highest BCUT2D eigenvalue weighted by molar-refractivity contribution is 7.14. The number of aromatic nitrogens is 1. The lowest BCUT2D eigenvalue weighted by Crippen LogP contribution is -2.53. The molecule has 0 fully saturated rings. The lowest BCUT2D eigenvalue weighted by Gasteiger charge is -2.38. The van der Waals surface area contributed by atoms with Crippen LogP contribution in [0.3, 0.4) is 0 Å². The SMILES string of the molecule is CC(C)(O)C(C)(C)OB(O)c1ncsc1-c1ccccc1F. The second-order valence-corrected chi connectivity index (χ2v) is 6.94. The molecule has 0 bridgehead atoms. The molecule has 1 aromatic carbocycles. The maximum absolute atomic E-state index is 13.9. The molecule has 1 heterocycles. The van der Waals surface area contributed by atoms with Gasteiger partial charge >= 0.3 is 7.12 Å². The van der Waals surface area contributed by atoms with Crippen molar-refractivity contribution in [3.63, 3.8) is 0 Å². The lowest BCUT2D eigenvalue weighted by atomic mass is 9.79. The Labute approximate surface area is 133 Å². The molecule has 4 nitrogen and oxygen atoms in total. The first kappa shape index (κ1) is 17.1. The number of aliphatic hydroxyl groups is 1. The standard InChI is InChI=1S/C15H19BFNO3S/c1-14(2,19)15(3,4)21-16(20)13-12(22-9-18-13)10-7-5-6-8-11(10)17/h5-9,19-20H,1-4H3. The van der Waals surface area contributed by atoms with Crippen molar-refractivity contribution in [2.75, 3.05) is 0 Å². The van der Waals surface area contributed by atoms with E-state index in [9.17, 15) is 14.5 Å². The van der Waals surface area contributed by atoms with Crippen LogP contribution in [0.1, 0.15) is 27.7 Å². The van der Waals surface area contributed by atoms with Gasteiger partial charge in [0.2, 0.25) is 0 Å². The number of nitrogens with zero attached hydrogens (tertiary/aromatic N) is 1. The largest absolute Gasteiger partial charge is 0.512 e. The quantitative estimate of drug-likeness (QED) is 0.828. The monoisotopic (exact) mass is 323 g/mol. The molecule has 0 atom stereocenters. The van der Waals surface area contributed by atoms with E-state index in [1.165, 1.54) is 22.9 Å². The van der Waals surface area contributed by atoms with Gasteiger partial charge in [-0.1, -0.05) is 18.2 Å². The molecule has 2 N–H and O–H groups in total. The number of hydrogen-bond donors (Lipinski definition) is 2. The Balaban J connectivity index is 2.32. The Morgan fingerprint density at radius 3 is 2.45 bits per heavy atom. The van der Waals surface area contributed by atoms with E-state index in [0.717, 1.165) is 0 Å². The van der Waals surface area contributed by atoms with Crippen LogP contribution in [0.2, 0.25) is 0 Å². The molecule has 2 rings (SSSR count). The number of benzene rings is 1. The molecule has 0 spiro atoms. The topological polar surface area (TPSA) is 62.6 Å². The van der Waals surface area contributed by atoms with Crippen molar-refractivity contribution in [3.8, 4) is 10.4 Å². The van der Waals surface area contributed by atoms with E-state index in [1.807, 2.05) is 0 Å². The van der Waals surface area contributed by atoms with E-state index >= 15 is 0 Å². The molecule has 0 amide bonds. The number of hydrogen-bond acceptors (Lipinski definition) is 5. The number of rotatable bonds is 5. The zero-order valence-electron chi connectivity index (χ0n) is 13.0. The molecule has 0 saturated heterocycles. The molecule has 118 valence electrons. The van der Waals surface area contributed by atoms with Gasteiger partial charge in [-0.05, 0) is 33.8 Å². The van der Waals surface area contributed by atoms with Crippen LogP contribution < -0.4 is 5.59 Å². The zero-order chi connectivity index (χ0) is 16.5. The second kappa shape index (κ2) is 6.08. The van der Waals surface area contributed by atoms with Gasteiger partial charge in [-0.25, -0.2) is 4.39 Å². The lowest BCUT2D eigenvalue weighted by molar-refractivity contribution is -0.0983. The Morgan fingerprint density at radius 1 is 1.23 bits per heavy atom. The Morgan fingerprint density at radius 2 is 1.86 bits per heavy atom. The summed E-state index contributed by atoms with van der Waals surface area (Å²) in [5.74, 6) is -0.387. The van der Waals surface area contributed by atoms with E-state index in [0.29, 0.717) is 10.4 Å². The first-order valence-electron chi connectivity index (χ1n) is 6.90. The molecular formula is C15H19BFNO3S. The summed E-state index contributed by atoms with van der Waals surface area (Å²) < 4.78 is 19.5. The molecule has 2 aromatic rings. The minimum atomic E-state index is -1.36. The van der Waals surface area contributed by atoms with Crippen LogP contribution >= 0.6 is 11.3 Å². The molecule has 0 aliphatic rings. The fourth-order valence-corrected chi connectivity index (χ4v) is 2.60. The average Bonchev–Trinajstić information content (AvgIpc) is 2.86. The number of thiazole rings is 1. The molecule has 22 heavy (non-hydrogen) atoms. The van der Waals surface area contributed by atoms with Crippen LogP contribution in [-0.2, 0) is 4.65 Å². The van der Waals surface area contributed by atoms with Gasteiger partial charge in [0.25, 0.3) is 0 Å². The third kappa shape index (κ3) is 3.38. The summed E-state index contributed by atoms with van der Waals surface area (Å²) in [5.41, 5.74) is -0.0398. The maximum atomic E-state index is 13.9. The average molecular weight is 323 g/mol. The van der Waals surface area contributed by atoms with Crippen molar-refractivity contribution in [1.82, 2.24) is 4.98 Å². The summed E-state index contributed by atoms with van der Waals surface area (Å²) >= 11 is 1.23. The van der Waals surface area contributed by atoms with Crippen LogP contribution in [0, 0.1) is 5.82 Å². The van der Waals surface area contributed by atoms with Gasteiger partial charge in [-0.2, -0.15) is 0 Å². The first-order chi connectivity index (χ1) is 10.1. The minimum Gasteiger partial charge on any atom is -0.422 e. The summed E-state index contributed by atoms with van der Waals surface area (Å²) in [5, 5.41) is 20.4. The summed E-state index contributed by atoms with van der Waals surface area (Å²) in [4.78, 5) is 4.61. The highest BCUT2D eigenvalue weighted by Gasteiger charge is 2.41. The van der Waals surface area contributed by atoms with Gasteiger partial charge < -0.3 is 14.8 Å². The van der Waals surface area contributed by atoms with E-state index in [-0.39, 0.29) is 11.4 Å². The van der Waals surface area contributed by atoms with Gasteiger partial charge in [0.15, 0.2) is 0 Å². The third-order valence-corrected chi connectivity index (χ3v) is 4.70. The summed E-state index contributed by atoms with van der Waals surface area (Å²) in [6, 6.07) is 6.30. The molecule has 0 unspecified atom stereocenters. The second-order valence-electron chi connectivity index (χ2n) is 6.09. The van der Waals surface area contributed by atoms with Crippen LogP contribution in [0.15, 0.2) is 29.8 Å². The van der Waals surface area contributed by atoms with Crippen molar-refractivity contribution in [2.45, 2.75) is 38.9 Å². The van der Waals surface area contributed by atoms with Crippen LogP contribution in [0.25, 0.3) is 10.4 Å². The van der Waals surface area contributed by atoms with Crippen LogP contribution in [0.5, 0.6) is 0 Å². The summed E-state index contributed by atoms with van der Waals surface area (Å²) in [7, 11) is -1.36. The summed E-state index contributed by atoms with van der Waals surface area (Å²) in [6.45, 7) is 6.54. The minimum absolute atomic E-state index is 0.243. The molecule has 0 aliphatic carbocycles. The van der Waals surface area contributed by atoms with Crippen LogP contribution in [-0.4, -0.2) is 33.4 Å². The molecular weight excluding hydrogens is 304 g/mol. The Bertz CT molecular complexity index is 654. The van der Waals surface area contributed by atoms with Gasteiger partial charge in [0.1, 0.15) is 5.82 Å². The highest BCUT2D eigenvalue weighted by Crippen LogP contribution is 2.28. The van der Waals surface area contributed by atoms with Crippen molar-refractivity contribution >= 4 is 24.0 Å². The normalized spacial score (nSPS) is 12.5. The molecule has 0 radical (unpaired) electrons. The Kier molecular flexibility index (Phi) is 4.72. The van der Waals surface area contributed by atoms with Crippen molar-refractivity contribution in [3.05, 3.63) is 35.6 Å². The van der Waals surface area contributed by atoms with Crippen molar-refractivity contribution in [1.29, 1.82) is 0 Å². The van der Waals surface area contributed by atoms with Crippen LogP contribution in [0.4, 0.5) is 4.39 Å². The van der Waals surface area contributed by atoms with E-state index in [4.69, 9.17) is 4.65 Å². The predicted molar refractivity (Wildman–Crippen MR) is 86.6 cm³/mol. The maximum Gasteiger partial charge on any atom is 0.512 e. The molecule has 7 heteroatoms. The van der Waals surface area contributed by atoms with E-state index < -0.39 is 18.3 Å². The fraction of sp³-hybridized carbons (Fsp3) is 0.400. The van der Waals surface area contributed by atoms with Gasteiger partial charge in [-0.15, -0.1) is 11.3 Å². The van der Waals surface area contributed by atoms with Crippen molar-refractivity contribution in [2.24, 2.45) is 0 Å². The fourth-order valence-electron chi connectivity index (χ4n) is 1.76. The first-order valence-corrected chi connectivity index (χ1v) is 7.78. The van der Waals surface area contributed by atoms with Crippen molar-refractivity contribution < 1.29 is 19.2 Å².